The summed E-state index contributed by atoms with van der Waals surface area (Å²) in [7, 11) is 0. The number of rotatable bonds is 6. The molecule has 0 bridgehead atoms. The topological polar surface area (TPSA) is 68.0 Å². The molecule has 0 unspecified atom stereocenters. The van der Waals surface area contributed by atoms with Crippen LogP contribution >= 0.6 is 11.3 Å². The third-order valence-corrected chi connectivity index (χ3v) is 4.38. The van der Waals surface area contributed by atoms with Gasteiger partial charge < -0.3 is 11.1 Å². The molecule has 1 amide bonds. The number of hydrogen-bond donors (Lipinski definition) is 2. The van der Waals surface area contributed by atoms with Crippen molar-refractivity contribution in [1.82, 2.24) is 10.3 Å². The van der Waals surface area contributed by atoms with Crippen molar-refractivity contribution in [3.8, 4) is 0 Å². The lowest BCUT2D eigenvalue weighted by Crippen LogP contribution is -2.25. The number of thiazole rings is 1. The predicted octanol–water partition coefficient (Wildman–Crippen LogP) is 2.70. The van der Waals surface area contributed by atoms with Crippen molar-refractivity contribution in [2.24, 2.45) is 5.73 Å². The molecule has 21 heavy (non-hydrogen) atoms. The molecule has 0 aliphatic rings. The molecule has 0 aliphatic heterocycles. The Morgan fingerprint density at radius 3 is 2.62 bits per heavy atom. The molecule has 1 aromatic heterocycles. The van der Waals surface area contributed by atoms with Crippen molar-refractivity contribution in [3.05, 3.63) is 51.5 Å². The number of nitrogens with two attached hydrogens (primary N) is 1. The van der Waals surface area contributed by atoms with Gasteiger partial charge >= 0.3 is 0 Å². The minimum atomic E-state index is -0.0575. The van der Waals surface area contributed by atoms with Crippen LogP contribution in [-0.2, 0) is 13.0 Å². The highest BCUT2D eigenvalue weighted by Gasteiger charge is 2.07. The lowest BCUT2D eigenvalue weighted by atomic mass is 10.1. The van der Waals surface area contributed by atoms with Gasteiger partial charge in [0, 0.05) is 36.4 Å². The molecule has 1 aromatic carbocycles. The summed E-state index contributed by atoms with van der Waals surface area (Å²) in [5, 5.41) is 6.13. The van der Waals surface area contributed by atoms with Gasteiger partial charge in [0.25, 0.3) is 5.91 Å². The number of aromatic nitrogens is 1. The standard InChI is InChI=1S/C16H21N3OS/c1-11(2)16-19-14(10-21-16)7-8-18-15(20)13-5-3-12(9-17)4-6-13/h3-6,10-11H,7-9,17H2,1-2H3,(H,18,20). The van der Waals surface area contributed by atoms with E-state index >= 15 is 0 Å². The molecule has 1 heterocycles. The first-order valence-corrected chi connectivity index (χ1v) is 7.99. The fourth-order valence-corrected chi connectivity index (χ4v) is 2.77. The summed E-state index contributed by atoms with van der Waals surface area (Å²) in [5.74, 6) is 0.400. The highest BCUT2D eigenvalue weighted by Crippen LogP contribution is 2.19. The molecular formula is C16H21N3OS. The highest BCUT2D eigenvalue weighted by molar-refractivity contribution is 7.09. The van der Waals surface area contributed by atoms with Gasteiger partial charge in [0.15, 0.2) is 0 Å². The van der Waals surface area contributed by atoms with E-state index in [4.69, 9.17) is 5.73 Å². The molecule has 3 N–H and O–H groups in total. The zero-order valence-corrected chi connectivity index (χ0v) is 13.2. The van der Waals surface area contributed by atoms with Crippen LogP contribution in [0.25, 0.3) is 0 Å². The molecule has 5 heteroatoms. The predicted molar refractivity (Wildman–Crippen MR) is 86.6 cm³/mol. The van der Waals surface area contributed by atoms with E-state index in [1.54, 1.807) is 23.5 Å². The molecule has 0 saturated carbocycles. The maximum atomic E-state index is 12.0. The molecule has 0 atom stereocenters. The largest absolute Gasteiger partial charge is 0.352 e. The quantitative estimate of drug-likeness (QED) is 0.862. The first-order valence-electron chi connectivity index (χ1n) is 7.11. The number of carbonyl (C=O) groups is 1. The number of benzene rings is 1. The summed E-state index contributed by atoms with van der Waals surface area (Å²) in [6, 6.07) is 7.36. The van der Waals surface area contributed by atoms with Crippen LogP contribution in [0.1, 0.15) is 46.4 Å². The van der Waals surface area contributed by atoms with Gasteiger partial charge in [0.05, 0.1) is 10.7 Å². The zero-order chi connectivity index (χ0) is 15.2. The Morgan fingerprint density at radius 2 is 2.05 bits per heavy atom. The van der Waals surface area contributed by atoms with Gasteiger partial charge in [-0.3, -0.25) is 4.79 Å². The second-order valence-corrected chi connectivity index (χ2v) is 6.13. The van der Waals surface area contributed by atoms with E-state index in [0.29, 0.717) is 24.6 Å². The van der Waals surface area contributed by atoms with Crippen LogP contribution in [0, 0.1) is 0 Å². The molecule has 2 aromatic rings. The SMILES string of the molecule is CC(C)c1nc(CCNC(=O)c2ccc(CN)cc2)cs1. The van der Waals surface area contributed by atoms with Crippen molar-refractivity contribution in [2.45, 2.75) is 32.7 Å². The van der Waals surface area contributed by atoms with E-state index in [9.17, 15) is 4.79 Å². The molecule has 0 radical (unpaired) electrons. The van der Waals surface area contributed by atoms with Crippen LogP contribution < -0.4 is 11.1 Å². The fourth-order valence-electron chi connectivity index (χ4n) is 1.90. The van der Waals surface area contributed by atoms with Gasteiger partial charge in [-0.15, -0.1) is 11.3 Å². The Morgan fingerprint density at radius 1 is 1.33 bits per heavy atom. The third-order valence-electron chi connectivity index (χ3n) is 3.18. The number of carbonyl (C=O) groups excluding carboxylic acids is 1. The zero-order valence-electron chi connectivity index (χ0n) is 12.4. The van der Waals surface area contributed by atoms with Crippen molar-refractivity contribution < 1.29 is 4.79 Å². The number of nitrogens with one attached hydrogen (secondary N) is 1. The van der Waals surface area contributed by atoms with Gasteiger partial charge in [0.2, 0.25) is 0 Å². The van der Waals surface area contributed by atoms with Crippen LogP contribution in [0.4, 0.5) is 0 Å². The third kappa shape index (κ3) is 4.37. The van der Waals surface area contributed by atoms with E-state index in [2.05, 4.69) is 29.5 Å². The maximum Gasteiger partial charge on any atom is 0.251 e. The van der Waals surface area contributed by atoms with Crippen molar-refractivity contribution in [2.75, 3.05) is 6.54 Å². The van der Waals surface area contributed by atoms with Crippen LogP contribution in [0.5, 0.6) is 0 Å². The minimum absolute atomic E-state index is 0.0575. The Bertz CT molecular complexity index is 590. The Kier molecular flexibility index (Phi) is 5.47. The Balaban J connectivity index is 1.82. The monoisotopic (exact) mass is 303 g/mol. The van der Waals surface area contributed by atoms with Crippen LogP contribution in [-0.4, -0.2) is 17.4 Å². The number of amides is 1. The molecule has 0 aliphatic carbocycles. The summed E-state index contributed by atoms with van der Waals surface area (Å²) in [6.07, 6.45) is 0.760. The molecule has 112 valence electrons. The van der Waals surface area contributed by atoms with Crippen LogP contribution in [0.2, 0.25) is 0 Å². The van der Waals surface area contributed by atoms with Gasteiger partial charge in [-0.05, 0) is 17.7 Å². The van der Waals surface area contributed by atoms with E-state index < -0.39 is 0 Å². The summed E-state index contributed by atoms with van der Waals surface area (Å²) in [4.78, 5) is 16.5. The first-order chi connectivity index (χ1) is 10.1. The molecular weight excluding hydrogens is 282 g/mol. The average molecular weight is 303 g/mol. The molecule has 0 saturated heterocycles. The van der Waals surface area contributed by atoms with Crippen molar-refractivity contribution >= 4 is 17.2 Å². The van der Waals surface area contributed by atoms with Gasteiger partial charge in [-0.25, -0.2) is 4.98 Å². The second-order valence-electron chi connectivity index (χ2n) is 5.24. The summed E-state index contributed by atoms with van der Waals surface area (Å²) >= 11 is 1.68. The lowest BCUT2D eigenvalue weighted by Gasteiger charge is -2.05. The average Bonchev–Trinajstić information content (AvgIpc) is 2.96. The highest BCUT2D eigenvalue weighted by atomic mass is 32.1. The van der Waals surface area contributed by atoms with E-state index in [1.807, 2.05) is 12.1 Å². The van der Waals surface area contributed by atoms with Crippen LogP contribution in [0.3, 0.4) is 0 Å². The minimum Gasteiger partial charge on any atom is -0.352 e. The number of nitrogens with zero attached hydrogens (tertiary/aromatic N) is 1. The van der Waals surface area contributed by atoms with E-state index in [-0.39, 0.29) is 5.91 Å². The maximum absolute atomic E-state index is 12.0. The second kappa shape index (κ2) is 7.33. The summed E-state index contributed by atoms with van der Waals surface area (Å²) < 4.78 is 0. The normalized spacial score (nSPS) is 10.9. The molecule has 0 fully saturated rings. The Hall–Kier alpha value is -1.72. The lowest BCUT2D eigenvalue weighted by molar-refractivity contribution is 0.0954. The van der Waals surface area contributed by atoms with E-state index in [1.165, 1.54) is 0 Å². The van der Waals surface area contributed by atoms with Gasteiger partial charge in [0.1, 0.15) is 0 Å². The molecule has 0 spiro atoms. The summed E-state index contributed by atoms with van der Waals surface area (Å²) in [5.41, 5.74) is 8.27. The number of hydrogen-bond acceptors (Lipinski definition) is 4. The van der Waals surface area contributed by atoms with E-state index in [0.717, 1.165) is 22.7 Å². The fraction of sp³-hybridized carbons (Fsp3) is 0.375. The van der Waals surface area contributed by atoms with Gasteiger partial charge in [-0.2, -0.15) is 0 Å². The van der Waals surface area contributed by atoms with Gasteiger partial charge in [-0.1, -0.05) is 26.0 Å². The summed E-state index contributed by atoms with van der Waals surface area (Å²) in [6.45, 7) is 5.35. The molecule has 4 nitrogen and oxygen atoms in total. The van der Waals surface area contributed by atoms with Crippen molar-refractivity contribution in [3.63, 3.8) is 0 Å². The molecule has 2 rings (SSSR count). The van der Waals surface area contributed by atoms with Crippen LogP contribution in [0.15, 0.2) is 29.6 Å². The first kappa shape index (κ1) is 15.7. The smallest absolute Gasteiger partial charge is 0.251 e. The van der Waals surface area contributed by atoms with Crippen molar-refractivity contribution in [1.29, 1.82) is 0 Å². The Labute approximate surface area is 129 Å².